The summed E-state index contributed by atoms with van der Waals surface area (Å²) in [7, 11) is -6.00. The number of rotatable bonds is 6. The third kappa shape index (κ3) is 7.06. The van der Waals surface area contributed by atoms with Crippen molar-refractivity contribution in [1.29, 1.82) is 0 Å². The number of nitrogens with zero attached hydrogens (tertiary/aromatic N) is 2. The Morgan fingerprint density at radius 1 is 0.605 bits per heavy atom. The van der Waals surface area contributed by atoms with Gasteiger partial charge in [0.2, 0.25) is 6.34 Å². The molecule has 1 aliphatic heterocycles. The van der Waals surface area contributed by atoms with E-state index in [0.717, 1.165) is 11.1 Å². The number of hydrogen-bond acceptors (Lipinski definition) is 1. The summed E-state index contributed by atoms with van der Waals surface area (Å²) in [5.41, 5.74) is 3.54. The van der Waals surface area contributed by atoms with Crippen LogP contribution in [0.3, 0.4) is 0 Å². The van der Waals surface area contributed by atoms with Crippen LogP contribution < -0.4 is 0 Å². The predicted molar refractivity (Wildman–Crippen MR) is 137 cm³/mol. The van der Waals surface area contributed by atoms with Crippen LogP contribution in [0.2, 0.25) is 0 Å². The van der Waals surface area contributed by atoms with E-state index in [1.54, 1.807) is 12.1 Å². The van der Waals surface area contributed by atoms with Gasteiger partial charge in [-0.05, 0) is 12.1 Å². The van der Waals surface area contributed by atoms with Crippen LogP contribution in [0.15, 0.2) is 109 Å². The number of benzene rings is 4. The summed E-state index contributed by atoms with van der Waals surface area (Å²) in [6, 6.07) is 34.2. The SMILES string of the molecule is F[B-](F)(F)F.Fc1ccccc1CN1C=[N+](Cc2ccccc2F)C(c2ccccc2)C1c1ccccc1. The Morgan fingerprint density at radius 2 is 1.05 bits per heavy atom. The van der Waals surface area contributed by atoms with Gasteiger partial charge in [0, 0.05) is 22.3 Å². The standard InChI is InChI=1S/C29H25F2N2.BF4/c30-26-17-9-7-15-24(26)19-32-21-33(20-25-16-8-10-18-27(25)31)29(23-13-5-2-6-14-23)28(32)22-11-3-1-4-12-22;2-1(3,4)5/h1-18,21,28-29H,19-20H2;/q+1;-1. The molecular formula is C29H25BF6N2. The lowest BCUT2D eigenvalue weighted by Gasteiger charge is -2.24. The number of hydrogen-bond donors (Lipinski definition) is 0. The molecule has 0 amide bonds. The summed E-state index contributed by atoms with van der Waals surface area (Å²) in [5, 5.41) is 0. The summed E-state index contributed by atoms with van der Waals surface area (Å²) >= 11 is 0. The Bertz CT molecular complexity index is 1360. The molecule has 0 saturated carbocycles. The minimum absolute atomic E-state index is 0.0556. The summed E-state index contributed by atoms with van der Waals surface area (Å²) < 4.78 is 70.3. The maximum atomic E-state index is 14.6. The molecule has 1 aliphatic rings. The average molecular weight is 526 g/mol. The van der Waals surface area contributed by atoms with Crippen molar-refractivity contribution in [2.75, 3.05) is 0 Å². The zero-order valence-corrected chi connectivity index (χ0v) is 20.3. The van der Waals surface area contributed by atoms with E-state index in [1.165, 1.54) is 12.1 Å². The Kier molecular flexibility index (Phi) is 8.56. The van der Waals surface area contributed by atoms with Crippen molar-refractivity contribution in [2.45, 2.75) is 25.2 Å². The van der Waals surface area contributed by atoms with E-state index in [9.17, 15) is 26.0 Å². The molecule has 0 N–H and O–H groups in total. The molecule has 0 spiro atoms. The second-order valence-electron chi connectivity index (χ2n) is 8.85. The number of halogens is 6. The van der Waals surface area contributed by atoms with Crippen molar-refractivity contribution < 1.29 is 30.6 Å². The third-order valence-electron chi connectivity index (χ3n) is 6.21. The van der Waals surface area contributed by atoms with E-state index >= 15 is 0 Å². The minimum atomic E-state index is -6.00. The van der Waals surface area contributed by atoms with Crippen LogP contribution in [0.25, 0.3) is 0 Å². The molecule has 2 nitrogen and oxygen atoms in total. The zero-order chi connectivity index (χ0) is 27.1. The van der Waals surface area contributed by atoms with Crippen LogP contribution in [-0.4, -0.2) is 23.1 Å². The molecule has 0 radical (unpaired) electrons. The molecule has 1 heterocycles. The maximum absolute atomic E-state index is 14.6. The largest absolute Gasteiger partial charge is 0.673 e. The minimum Gasteiger partial charge on any atom is -0.418 e. The second kappa shape index (κ2) is 12.0. The Labute approximate surface area is 217 Å². The molecule has 9 heteroatoms. The fraction of sp³-hybridized carbons (Fsp3) is 0.138. The second-order valence-corrected chi connectivity index (χ2v) is 8.85. The molecular weight excluding hydrogens is 501 g/mol. The van der Waals surface area contributed by atoms with Crippen molar-refractivity contribution in [1.82, 2.24) is 4.90 Å². The van der Waals surface area contributed by atoms with Crippen molar-refractivity contribution in [3.8, 4) is 0 Å². The van der Waals surface area contributed by atoms with E-state index < -0.39 is 7.25 Å². The van der Waals surface area contributed by atoms with Gasteiger partial charge in [0.1, 0.15) is 24.7 Å². The molecule has 0 fully saturated rings. The molecule has 5 rings (SSSR count). The average Bonchev–Trinajstić information content (AvgIpc) is 3.24. The van der Waals surface area contributed by atoms with Gasteiger partial charge in [0.25, 0.3) is 0 Å². The monoisotopic (exact) mass is 526 g/mol. The van der Waals surface area contributed by atoms with Gasteiger partial charge in [-0.3, -0.25) is 9.48 Å². The van der Waals surface area contributed by atoms with Gasteiger partial charge in [-0.25, -0.2) is 8.78 Å². The molecule has 2 unspecified atom stereocenters. The normalized spacial score (nSPS) is 17.0. The van der Waals surface area contributed by atoms with Gasteiger partial charge in [0.05, 0.1) is 0 Å². The summed E-state index contributed by atoms with van der Waals surface area (Å²) in [5.74, 6) is -0.442. The Hall–Kier alpha value is -4.01. The Balaban J connectivity index is 0.000000617. The first-order valence-corrected chi connectivity index (χ1v) is 12.0. The highest BCUT2D eigenvalue weighted by molar-refractivity contribution is 6.50. The van der Waals surface area contributed by atoms with Crippen LogP contribution in [0, 0.1) is 11.6 Å². The molecule has 38 heavy (non-hydrogen) atoms. The van der Waals surface area contributed by atoms with Crippen molar-refractivity contribution in [2.24, 2.45) is 0 Å². The van der Waals surface area contributed by atoms with E-state index in [2.05, 4.69) is 33.7 Å². The van der Waals surface area contributed by atoms with Crippen molar-refractivity contribution in [3.63, 3.8) is 0 Å². The molecule has 0 saturated heterocycles. The highest BCUT2D eigenvalue weighted by Crippen LogP contribution is 2.41. The zero-order valence-electron chi connectivity index (χ0n) is 20.3. The van der Waals surface area contributed by atoms with Crippen LogP contribution in [0.5, 0.6) is 0 Å². The van der Waals surface area contributed by atoms with Crippen LogP contribution in [-0.2, 0) is 13.1 Å². The smallest absolute Gasteiger partial charge is 0.418 e. The van der Waals surface area contributed by atoms with Crippen LogP contribution in [0.1, 0.15) is 34.3 Å². The molecule has 0 aliphatic carbocycles. The first-order chi connectivity index (χ1) is 18.2. The molecule has 196 valence electrons. The lowest BCUT2D eigenvalue weighted by molar-refractivity contribution is -0.579. The highest BCUT2D eigenvalue weighted by Gasteiger charge is 2.44. The lowest BCUT2D eigenvalue weighted by atomic mass is 9.92. The summed E-state index contributed by atoms with van der Waals surface area (Å²) in [6.45, 7) is 0.840. The highest BCUT2D eigenvalue weighted by atomic mass is 19.5. The van der Waals surface area contributed by atoms with Gasteiger partial charge in [0.15, 0.2) is 12.1 Å². The Morgan fingerprint density at radius 3 is 1.58 bits per heavy atom. The maximum Gasteiger partial charge on any atom is 0.673 e. The summed E-state index contributed by atoms with van der Waals surface area (Å²) in [4.78, 5) is 2.17. The van der Waals surface area contributed by atoms with E-state index in [1.807, 2.05) is 67.0 Å². The molecule has 4 aromatic rings. The fourth-order valence-corrected chi connectivity index (χ4v) is 4.67. The third-order valence-corrected chi connectivity index (χ3v) is 6.21. The first kappa shape index (κ1) is 27.0. The van der Waals surface area contributed by atoms with Gasteiger partial charge in [-0.1, -0.05) is 97.1 Å². The molecule has 2 atom stereocenters. The molecule has 4 aromatic carbocycles. The summed E-state index contributed by atoms with van der Waals surface area (Å²) in [6.07, 6.45) is 2.04. The predicted octanol–water partition coefficient (Wildman–Crippen LogP) is 7.80. The van der Waals surface area contributed by atoms with Crippen LogP contribution >= 0.6 is 0 Å². The first-order valence-electron chi connectivity index (χ1n) is 12.0. The van der Waals surface area contributed by atoms with Gasteiger partial charge < -0.3 is 17.3 Å². The van der Waals surface area contributed by atoms with E-state index in [4.69, 9.17) is 0 Å². The van der Waals surface area contributed by atoms with Gasteiger partial charge >= 0.3 is 7.25 Å². The van der Waals surface area contributed by atoms with E-state index in [0.29, 0.717) is 24.2 Å². The van der Waals surface area contributed by atoms with Crippen molar-refractivity contribution >= 4 is 13.6 Å². The quantitative estimate of drug-likeness (QED) is 0.141. The fourth-order valence-electron chi connectivity index (χ4n) is 4.67. The van der Waals surface area contributed by atoms with E-state index in [-0.39, 0.29) is 23.7 Å². The molecule has 0 aromatic heterocycles. The van der Waals surface area contributed by atoms with Gasteiger partial charge in [-0.15, -0.1) is 0 Å². The van der Waals surface area contributed by atoms with Crippen LogP contribution in [0.4, 0.5) is 26.0 Å². The van der Waals surface area contributed by atoms with Crippen molar-refractivity contribution in [3.05, 3.63) is 143 Å². The lowest BCUT2D eigenvalue weighted by Crippen LogP contribution is -2.26. The topological polar surface area (TPSA) is 6.25 Å². The molecule has 0 bridgehead atoms. The van der Waals surface area contributed by atoms with Gasteiger partial charge in [-0.2, -0.15) is 0 Å².